The molecule has 2 heteroatoms. The molecule has 2 nitrogen and oxygen atoms in total. The number of rotatable bonds is 2. The summed E-state index contributed by atoms with van der Waals surface area (Å²) in [5.74, 6) is 1.58. The third kappa shape index (κ3) is 2.55. The minimum Gasteiger partial charge on any atom is -0.455 e. The molecule has 0 radical (unpaired) electrons. The fourth-order valence-electron chi connectivity index (χ4n) is 3.32. The highest BCUT2D eigenvalue weighted by Gasteiger charge is 2.27. The van der Waals surface area contributed by atoms with E-state index in [1.54, 1.807) is 0 Å². The van der Waals surface area contributed by atoms with Gasteiger partial charge in [0.25, 0.3) is 0 Å². The third-order valence-electron chi connectivity index (χ3n) is 4.49. The normalized spacial score (nSPS) is 16.9. The summed E-state index contributed by atoms with van der Waals surface area (Å²) < 4.78 is 6.19. The molecule has 0 fully saturated rings. The van der Waals surface area contributed by atoms with Gasteiger partial charge in [0.2, 0.25) is 0 Å². The maximum atomic E-state index is 9.51. The molecule has 0 aromatic heterocycles. The summed E-state index contributed by atoms with van der Waals surface area (Å²) in [4.78, 5) is 0. The molecule has 2 aromatic carbocycles. The highest BCUT2D eigenvalue weighted by molar-refractivity contribution is 5.88. The molecule has 4 rings (SSSR count). The fourth-order valence-corrected chi connectivity index (χ4v) is 3.32. The van der Waals surface area contributed by atoms with Crippen LogP contribution in [0.15, 0.2) is 83.6 Å². The molecule has 1 aliphatic heterocycles. The van der Waals surface area contributed by atoms with E-state index < -0.39 is 0 Å². The predicted octanol–water partition coefficient (Wildman–Crippen LogP) is 5.47. The van der Waals surface area contributed by atoms with Crippen LogP contribution < -0.4 is 0 Å². The Kier molecular flexibility index (Phi) is 3.76. The van der Waals surface area contributed by atoms with Gasteiger partial charge in [0.1, 0.15) is 11.5 Å². The number of allylic oxidation sites excluding steroid dienone is 4. The molecule has 0 N–H and O–H groups in total. The number of nitrogens with zero attached hydrogens (tertiary/aromatic N) is 1. The van der Waals surface area contributed by atoms with Gasteiger partial charge < -0.3 is 4.74 Å². The monoisotopic (exact) mass is 311 g/mol. The van der Waals surface area contributed by atoms with Crippen LogP contribution in [0.1, 0.15) is 30.4 Å². The van der Waals surface area contributed by atoms with Gasteiger partial charge in [0.15, 0.2) is 0 Å². The first kappa shape index (κ1) is 14.5. The van der Waals surface area contributed by atoms with Crippen molar-refractivity contribution in [3.8, 4) is 6.07 Å². The van der Waals surface area contributed by atoms with Crippen molar-refractivity contribution in [2.75, 3.05) is 0 Å². The maximum Gasteiger partial charge on any atom is 0.144 e. The standard InChI is InChI=1S/C22H17NO/c23-15-18-12-7-13-19-20(16-8-3-1-4-9-16)14-21(24-22(18)19)17-10-5-2-6-11-17/h1-6,8-11,14H,7,12-13H2. The molecule has 0 saturated carbocycles. The number of benzene rings is 2. The van der Waals surface area contributed by atoms with Crippen LogP contribution in [0.5, 0.6) is 0 Å². The highest BCUT2D eigenvalue weighted by Crippen LogP contribution is 2.42. The van der Waals surface area contributed by atoms with Gasteiger partial charge in [0.05, 0.1) is 11.6 Å². The molecule has 0 unspecified atom stereocenters. The van der Waals surface area contributed by atoms with Crippen molar-refractivity contribution in [2.24, 2.45) is 0 Å². The van der Waals surface area contributed by atoms with Crippen LogP contribution in [0.4, 0.5) is 0 Å². The van der Waals surface area contributed by atoms with Crippen LogP contribution in [0.3, 0.4) is 0 Å². The average molecular weight is 311 g/mol. The van der Waals surface area contributed by atoms with Crippen molar-refractivity contribution < 1.29 is 4.74 Å². The van der Waals surface area contributed by atoms with Crippen molar-refractivity contribution in [2.45, 2.75) is 19.3 Å². The van der Waals surface area contributed by atoms with Gasteiger partial charge in [-0.05, 0) is 36.5 Å². The Morgan fingerprint density at radius 1 is 0.833 bits per heavy atom. The Bertz CT molecular complexity index is 896. The molecule has 2 aromatic rings. The summed E-state index contributed by atoms with van der Waals surface area (Å²) in [6.45, 7) is 0. The molecule has 116 valence electrons. The van der Waals surface area contributed by atoms with Gasteiger partial charge in [-0.2, -0.15) is 5.26 Å². The lowest BCUT2D eigenvalue weighted by molar-refractivity contribution is 0.372. The summed E-state index contributed by atoms with van der Waals surface area (Å²) >= 11 is 0. The number of fused-ring (bicyclic) bond motifs is 1. The second-order valence-corrected chi connectivity index (χ2v) is 6.01. The van der Waals surface area contributed by atoms with Gasteiger partial charge in [0, 0.05) is 11.1 Å². The summed E-state index contributed by atoms with van der Waals surface area (Å²) in [5, 5.41) is 9.51. The molecule has 1 heterocycles. The van der Waals surface area contributed by atoms with E-state index in [1.165, 1.54) is 11.1 Å². The first-order chi connectivity index (χ1) is 11.9. The van der Waals surface area contributed by atoms with Crippen molar-refractivity contribution >= 4 is 11.3 Å². The van der Waals surface area contributed by atoms with Crippen molar-refractivity contribution in [3.05, 3.63) is 94.8 Å². The smallest absolute Gasteiger partial charge is 0.144 e. The third-order valence-corrected chi connectivity index (χ3v) is 4.49. The number of hydrogen-bond acceptors (Lipinski definition) is 2. The second-order valence-electron chi connectivity index (χ2n) is 6.01. The first-order valence-electron chi connectivity index (χ1n) is 8.24. The van der Waals surface area contributed by atoms with Crippen molar-refractivity contribution in [1.29, 1.82) is 5.26 Å². The van der Waals surface area contributed by atoms with Gasteiger partial charge in [-0.25, -0.2) is 0 Å². The minimum absolute atomic E-state index is 0.756. The lowest BCUT2D eigenvalue weighted by atomic mass is 9.86. The first-order valence-corrected chi connectivity index (χ1v) is 8.24. The molecular weight excluding hydrogens is 294 g/mol. The van der Waals surface area contributed by atoms with Crippen LogP contribution in [0.25, 0.3) is 11.3 Å². The Morgan fingerprint density at radius 3 is 2.17 bits per heavy atom. The number of nitriles is 1. The summed E-state index contributed by atoms with van der Waals surface area (Å²) in [7, 11) is 0. The fraction of sp³-hybridized carbons (Fsp3) is 0.136. The van der Waals surface area contributed by atoms with Crippen LogP contribution >= 0.6 is 0 Å². The van der Waals surface area contributed by atoms with Crippen molar-refractivity contribution in [1.82, 2.24) is 0 Å². The van der Waals surface area contributed by atoms with Crippen LogP contribution in [0.2, 0.25) is 0 Å². The number of ether oxygens (including phenoxy) is 1. The van der Waals surface area contributed by atoms with Crippen LogP contribution in [-0.2, 0) is 4.74 Å². The van der Waals surface area contributed by atoms with E-state index >= 15 is 0 Å². The van der Waals surface area contributed by atoms with E-state index in [1.807, 2.05) is 48.5 Å². The van der Waals surface area contributed by atoms with Gasteiger partial charge >= 0.3 is 0 Å². The van der Waals surface area contributed by atoms with E-state index in [4.69, 9.17) is 4.74 Å². The average Bonchev–Trinajstić information content (AvgIpc) is 2.68. The van der Waals surface area contributed by atoms with Gasteiger partial charge in [-0.1, -0.05) is 60.7 Å². The molecule has 0 atom stereocenters. The molecule has 0 amide bonds. The Morgan fingerprint density at radius 2 is 1.50 bits per heavy atom. The quantitative estimate of drug-likeness (QED) is 0.736. The van der Waals surface area contributed by atoms with Crippen molar-refractivity contribution in [3.63, 3.8) is 0 Å². The molecule has 1 aliphatic carbocycles. The largest absolute Gasteiger partial charge is 0.455 e. The summed E-state index contributed by atoms with van der Waals surface area (Å²) in [6.07, 6.45) is 4.85. The van der Waals surface area contributed by atoms with Gasteiger partial charge in [-0.3, -0.25) is 0 Å². The van der Waals surface area contributed by atoms with E-state index in [9.17, 15) is 5.26 Å². The second kappa shape index (κ2) is 6.22. The topological polar surface area (TPSA) is 33.0 Å². The molecule has 0 saturated heterocycles. The number of hydrogen-bond donors (Lipinski definition) is 0. The summed E-state index contributed by atoms with van der Waals surface area (Å²) in [5.41, 5.74) is 5.28. The van der Waals surface area contributed by atoms with Crippen LogP contribution in [0, 0.1) is 11.3 Å². The van der Waals surface area contributed by atoms with E-state index in [0.29, 0.717) is 0 Å². The van der Waals surface area contributed by atoms with E-state index in [2.05, 4.69) is 24.3 Å². The zero-order valence-electron chi connectivity index (χ0n) is 13.3. The molecular formula is C22H17NO. The van der Waals surface area contributed by atoms with Gasteiger partial charge in [-0.15, -0.1) is 0 Å². The molecule has 2 aliphatic rings. The predicted molar refractivity (Wildman–Crippen MR) is 95.4 cm³/mol. The lowest BCUT2D eigenvalue weighted by Gasteiger charge is -2.28. The maximum absolute atomic E-state index is 9.51. The minimum atomic E-state index is 0.756. The Hall–Kier alpha value is -3.05. The molecule has 0 spiro atoms. The van der Waals surface area contributed by atoms with Crippen LogP contribution in [-0.4, -0.2) is 0 Å². The Balaban J connectivity index is 1.93. The van der Waals surface area contributed by atoms with E-state index in [0.717, 1.165) is 47.5 Å². The Labute approximate surface area is 142 Å². The zero-order valence-corrected chi connectivity index (χ0v) is 13.3. The van der Waals surface area contributed by atoms with E-state index in [-0.39, 0.29) is 0 Å². The zero-order chi connectivity index (χ0) is 16.4. The molecule has 24 heavy (non-hydrogen) atoms. The lowest BCUT2D eigenvalue weighted by Crippen LogP contribution is -2.11. The highest BCUT2D eigenvalue weighted by atomic mass is 16.5. The molecule has 0 bridgehead atoms. The SMILES string of the molecule is N#CC1=C2OC(c3ccccc3)=CC(c3ccccc3)=C2CCC1. The summed E-state index contributed by atoms with van der Waals surface area (Å²) in [6, 6.07) is 22.8.